The highest BCUT2D eigenvalue weighted by Crippen LogP contribution is 2.15. The molecule has 0 fully saturated rings. The van der Waals surface area contributed by atoms with E-state index in [0.717, 1.165) is 0 Å². The van der Waals surface area contributed by atoms with Gasteiger partial charge in [0.15, 0.2) is 0 Å². The quantitative estimate of drug-likeness (QED) is 0.602. The van der Waals surface area contributed by atoms with Crippen molar-refractivity contribution < 1.29 is 14.3 Å². The Bertz CT molecular complexity index is 443. The second-order valence-electron chi connectivity index (χ2n) is 3.74. The normalized spacial score (nSPS) is 11.7. The maximum absolute atomic E-state index is 11.9. The Kier molecular flexibility index (Phi) is 4.09. The minimum absolute atomic E-state index is 0.340. The molecule has 17 heavy (non-hydrogen) atoms. The van der Waals surface area contributed by atoms with Crippen LogP contribution in [-0.4, -0.2) is 25.0 Å². The Labute approximate surface area is 99.9 Å². The zero-order valence-corrected chi connectivity index (χ0v) is 10.1. The van der Waals surface area contributed by atoms with Gasteiger partial charge in [0.25, 0.3) is 5.91 Å². The maximum atomic E-state index is 11.9. The summed E-state index contributed by atoms with van der Waals surface area (Å²) in [5, 5.41) is 2.55. The summed E-state index contributed by atoms with van der Waals surface area (Å²) in [4.78, 5) is 23.0. The number of esters is 1. The Balaban J connectivity index is 2.84. The van der Waals surface area contributed by atoms with Crippen molar-refractivity contribution in [3.63, 3.8) is 0 Å². The van der Waals surface area contributed by atoms with E-state index in [-0.39, 0.29) is 5.91 Å². The highest BCUT2D eigenvalue weighted by Gasteiger charge is 2.18. The third-order valence-corrected chi connectivity index (χ3v) is 2.52. The van der Waals surface area contributed by atoms with Crippen LogP contribution in [0.4, 0.5) is 5.69 Å². The van der Waals surface area contributed by atoms with Crippen LogP contribution < -0.4 is 11.1 Å². The van der Waals surface area contributed by atoms with Crippen molar-refractivity contribution in [2.45, 2.75) is 19.9 Å². The minimum Gasteiger partial charge on any atom is -0.467 e. The van der Waals surface area contributed by atoms with Crippen molar-refractivity contribution in [1.29, 1.82) is 0 Å². The first-order valence-corrected chi connectivity index (χ1v) is 5.21. The number of nitrogen functional groups attached to an aromatic ring is 1. The van der Waals surface area contributed by atoms with Gasteiger partial charge in [-0.3, -0.25) is 4.79 Å². The number of hydrogen-bond acceptors (Lipinski definition) is 4. The zero-order chi connectivity index (χ0) is 13.0. The average Bonchev–Trinajstić information content (AvgIpc) is 2.31. The summed E-state index contributed by atoms with van der Waals surface area (Å²) < 4.78 is 4.52. The third-order valence-electron chi connectivity index (χ3n) is 2.52. The van der Waals surface area contributed by atoms with Gasteiger partial charge in [-0.25, -0.2) is 4.79 Å². The number of anilines is 1. The molecule has 5 heteroatoms. The summed E-state index contributed by atoms with van der Waals surface area (Å²) in [6.45, 7) is 3.32. The molecule has 0 unspecified atom stereocenters. The Morgan fingerprint density at radius 2 is 2.06 bits per heavy atom. The molecule has 1 rings (SSSR count). The lowest BCUT2D eigenvalue weighted by molar-refractivity contribution is -0.142. The van der Waals surface area contributed by atoms with E-state index in [4.69, 9.17) is 5.73 Å². The van der Waals surface area contributed by atoms with Gasteiger partial charge in [-0.15, -0.1) is 0 Å². The Morgan fingerprint density at radius 3 is 2.65 bits per heavy atom. The summed E-state index contributed by atoms with van der Waals surface area (Å²) in [6, 6.07) is 4.38. The van der Waals surface area contributed by atoms with Crippen molar-refractivity contribution in [3.8, 4) is 0 Å². The average molecular weight is 236 g/mol. The fourth-order valence-electron chi connectivity index (χ4n) is 1.41. The third kappa shape index (κ3) is 2.96. The van der Waals surface area contributed by atoms with E-state index < -0.39 is 12.0 Å². The molecule has 1 aromatic carbocycles. The SMILES string of the molecule is COC(=O)[C@H](C)NC(=O)c1cccc(N)c1C. The highest BCUT2D eigenvalue weighted by molar-refractivity contribution is 5.98. The lowest BCUT2D eigenvalue weighted by atomic mass is 10.1. The standard InChI is InChI=1S/C12H16N2O3/c1-7-9(5-4-6-10(7)13)11(15)14-8(2)12(16)17-3/h4-6,8H,13H2,1-3H3,(H,14,15)/t8-/m0/s1. The molecule has 92 valence electrons. The number of benzene rings is 1. The molecule has 0 saturated heterocycles. The molecule has 1 atom stereocenters. The molecule has 0 aliphatic rings. The van der Waals surface area contributed by atoms with Crippen LogP contribution in [0.25, 0.3) is 0 Å². The Hall–Kier alpha value is -2.04. The van der Waals surface area contributed by atoms with E-state index in [1.165, 1.54) is 7.11 Å². The first-order valence-electron chi connectivity index (χ1n) is 5.21. The number of nitrogens with one attached hydrogen (secondary N) is 1. The fraction of sp³-hybridized carbons (Fsp3) is 0.333. The van der Waals surface area contributed by atoms with Gasteiger partial charge in [0.1, 0.15) is 6.04 Å². The topological polar surface area (TPSA) is 81.4 Å². The van der Waals surface area contributed by atoms with Crippen LogP contribution in [-0.2, 0) is 9.53 Å². The molecule has 0 aliphatic heterocycles. The molecule has 0 saturated carbocycles. The van der Waals surface area contributed by atoms with E-state index in [2.05, 4.69) is 10.1 Å². The molecule has 1 amide bonds. The number of hydrogen-bond donors (Lipinski definition) is 2. The number of nitrogens with two attached hydrogens (primary N) is 1. The van der Waals surface area contributed by atoms with Crippen LogP contribution in [0.3, 0.4) is 0 Å². The van der Waals surface area contributed by atoms with Gasteiger partial charge in [0.2, 0.25) is 0 Å². The molecular weight excluding hydrogens is 220 g/mol. The molecule has 0 aromatic heterocycles. The van der Waals surface area contributed by atoms with Gasteiger partial charge in [-0.1, -0.05) is 6.07 Å². The monoisotopic (exact) mass is 236 g/mol. The highest BCUT2D eigenvalue weighted by atomic mass is 16.5. The van der Waals surface area contributed by atoms with Crippen LogP contribution >= 0.6 is 0 Å². The zero-order valence-electron chi connectivity index (χ0n) is 10.1. The summed E-state index contributed by atoms with van der Waals surface area (Å²) in [5.41, 5.74) is 7.40. The van der Waals surface area contributed by atoms with Gasteiger partial charge in [0.05, 0.1) is 7.11 Å². The Morgan fingerprint density at radius 1 is 1.41 bits per heavy atom. The molecule has 3 N–H and O–H groups in total. The first-order chi connectivity index (χ1) is 7.97. The molecule has 0 heterocycles. The number of ether oxygens (including phenoxy) is 1. The van der Waals surface area contributed by atoms with Crippen molar-refractivity contribution in [1.82, 2.24) is 5.32 Å². The first kappa shape index (κ1) is 13.0. The van der Waals surface area contributed by atoms with E-state index in [1.54, 1.807) is 32.0 Å². The van der Waals surface area contributed by atoms with Crippen molar-refractivity contribution in [3.05, 3.63) is 29.3 Å². The summed E-state index contributed by atoms with van der Waals surface area (Å²) >= 11 is 0. The number of rotatable bonds is 3. The fourth-order valence-corrected chi connectivity index (χ4v) is 1.41. The number of carbonyl (C=O) groups excluding carboxylic acids is 2. The van der Waals surface area contributed by atoms with E-state index in [0.29, 0.717) is 16.8 Å². The molecule has 5 nitrogen and oxygen atoms in total. The van der Waals surface area contributed by atoms with Crippen LogP contribution in [0.5, 0.6) is 0 Å². The van der Waals surface area contributed by atoms with Crippen LogP contribution in [0.15, 0.2) is 18.2 Å². The molecule has 0 radical (unpaired) electrons. The smallest absolute Gasteiger partial charge is 0.328 e. The minimum atomic E-state index is -0.687. The van der Waals surface area contributed by atoms with Crippen molar-refractivity contribution >= 4 is 17.6 Å². The van der Waals surface area contributed by atoms with Gasteiger partial charge in [-0.05, 0) is 31.5 Å². The summed E-state index contributed by atoms with van der Waals surface area (Å²) in [6.07, 6.45) is 0. The van der Waals surface area contributed by atoms with Gasteiger partial charge in [0, 0.05) is 11.3 Å². The van der Waals surface area contributed by atoms with Gasteiger partial charge in [-0.2, -0.15) is 0 Å². The number of carbonyl (C=O) groups is 2. The molecular formula is C12H16N2O3. The second-order valence-corrected chi connectivity index (χ2v) is 3.74. The van der Waals surface area contributed by atoms with Crippen LogP contribution in [0.2, 0.25) is 0 Å². The van der Waals surface area contributed by atoms with Crippen LogP contribution in [0, 0.1) is 6.92 Å². The molecule has 0 spiro atoms. The summed E-state index contributed by atoms with van der Waals surface area (Å²) in [5.74, 6) is -0.826. The maximum Gasteiger partial charge on any atom is 0.328 e. The lowest BCUT2D eigenvalue weighted by Gasteiger charge is -2.13. The largest absolute Gasteiger partial charge is 0.467 e. The molecule has 0 bridgehead atoms. The van der Waals surface area contributed by atoms with Gasteiger partial charge < -0.3 is 15.8 Å². The predicted octanol–water partition coefficient (Wildman–Crippen LogP) is 0.869. The molecule has 0 aliphatic carbocycles. The predicted molar refractivity (Wildman–Crippen MR) is 64.5 cm³/mol. The second kappa shape index (κ2) is 5.34. The van der Waals surface area contributed by atoms with Crippen molar-refractivity contribution in [2.24, 2.45) is 0 Å². The van der Waals surface area contributed by atoms with E-state index in [1.807, 2.05) is 0 Å². The van der Waals surface area contributed by atoms with E-state index >= 15 is 0 Å². The summed E-state index contributed by atoms with van der Waals surface area (Å²) in [7, 11) is 1.27. The van der Waals surface area contributed by atoms with Crippen molar-refractivity contribution in [2.75, 3.05) is 12.8 Å². The number of methoxy groups -OCH3 is 1. The number of amides is 1. The van der Waals surface area contributed by atoms with Gasteiger partial charge >= 0.3 is 5.97 Å². The van der Waals surface area contributed by atoms with Crippen LogP contribution in [0.1, 0.15) is 22.8 Å². The molecule has 1 aromatic rings. The lowest BCUT2D eigenvalue weighted by Crippen LogP contribution is -2.39. The van der Waals surface area contributed by atoms with E-state index in [9.17, 15) is 9.59 Å².